The zero-order chi connectivity index (χ0) is 7.98. The summed E-state index contributed by atoms with van der Waals surface area (Å²) in [4.78, 5) is 0. The lowest BCUT2D eigenvalue weighted by atomic mass is 10.1. The summed E-state index contributed by atoms with van der Waals surface area (Å²) in [6.45, 7) is 6.21. The third-order valence-electron chi connectivity index (χ3n) is 1.46. The monoisotopic (exact) mass is 158 g/mol. The van der Waals surface area contributed by atoms with Gasteiger partial charge in [0.25, 0.3) is 0 Å². The van der Waals surface area contributed by atoms with Crippen LogP contribution < -0.4 is 0 Å². The average molecular weight is 159 g/mol. The maximum atomic E-state index is 5.65. The molecule has 10 heavy (non-hydrogen) atoms. The molecular weight excluding hydrogens is 144 g/mol. The second-order valence-electron chi connectivity index (χ2n) is 2.29. The third-order valence-corrected chi connectivity index (χ3v) is 1.58. The molecule has 0 N–H and O–H groups in total. The Morgan fingerprint density at radius 2 is 1.70 bits per heavy atom. The van der Waals surface area contributed by atoms with E-state index in [0.29, 0.717) is 0 Å². The van der Waals surface area contributed by atoms with Crippen LogP contribution in [0.3, 0.4) is 0 Å². The lowest BCUT2D eigenvalue weighted by Gasteiger charge is -1.95. The highest BCUT2D eigenvalue weighted by Gasteiger charge is 1.85. The molecule has 0 atom stereocenters. The normalized spacial score (nSPS) is 11.4. The van der Waals surface area contributed by atoms with Crippen LogP contribution in [0.25, 0.3) is 0 Å². The molecule has 0 radical (unpaired) electrons. The van der Waals surface area contributed by atoms with Crippen molar-refractivity contribution < 1.29 is 0 Å². The minimum absolute atomic E-state index is 0.847. The quantitative estimate of drug-likeness (QED) is 0.547. The van der Waals surface area contributed by atoms with E-state index in [0.717, 1.165) is 17.9 Å². The van der Waals surface area contributed by atoms with Crippen LogP contribution in [0.15, 0.2) is 22.8 Å². The van der Waals surface area contributed by atoms with Crippen LogP contribution in [-0.2, 0) is 0 Å². The van der Waals surface area contributed by atoms with Crippen molar-refractivity contribution in [2.24, 2.45) is 0 Å². The van der Waals surface area contributed by atoms with Gasteiger partial charge in [0.2, 0.25) is 0 Å². The first-order chi connectivity index (χ1) is 4.70. The van der Waals surface area contributed by atoms with Gasteiger partial charge in [0.1, 0.15) is 0 Å². The zero-order valence-corrected chi connectivity index (χ0v) is 7.70. The van der Waals surface area contributed by atoms with E-state index in [1.165, 1.54) is 5.57 Å². The first-order valence-electron chi connectivity index (χ1n) is 3.72. The topological polar surface area (TPSA) is 0 Å². The van der Waals surface area contributed by atoms with Gasteiger partial charge in [0, 0.05) is 5.03 Å². The third kappa shape index (κ3) is 4.63. The van der Waals surface area contributed by atoms with Crippen LogP contribution in [-0.4, -0.2) is 0 Å². The van der Waals surface area contributed by atoms with Crippen LogP contribution >= 0.6 is 11.6 Å². The predicted octanol–water partition coefficient (Wildman–Crippen LogP) is 3.88. The maximum Gasteiger partial charge on any atom is 0.0149 e. The van der Waals surface area contributed by atoms with Gasteiger partial charge in [-0.1, -0.05) is 37.1 Å². The average Bonchev–Trinajstić information content (AvgIpc) is 1.90. The Balaban J connectivity index is 3.99. The molecule has 0 aromatic carbocycles. The molecule has 0 unspecified atom stereocenters. The molecule has 1 heteroatoms. The number of hydrogen-bond acceptors (Lipinski definition) is 0. The summed E-state index contributed by atoms with van der Waals surface area (Å²) < 4.78 is 0. The predicted molar refractivity (Wildman–Crippen MR) is 48.3 cm³/mol. The van der Waals surface area contributed by atoms with E-state index in [9.17, 15) is 0 Å². The summed E-state index contributed by atoms with van der Waals surface area (Å²) in [5.41, 5.74) is 1.44. The van der Waals surface area contributed by atoms with E-state index >= 15 is 0 Å². The van der Waals surface area contributed by atoms with Crippen molar-refractivity contribution in [2.45, 2.75) is 33.6 Å². The first kappa shape index (κ1) is 9.77. The number of allylic oxidation sites excluding steroid dienone is 4. The van der Waals surface area contributed by atoms with Crippen molar-refractivity contribution in [3.8, 4) is 0 Å². The Morgan fingerprint density at radius 3 is 2.00 bits per heavy atom. The van der Waals surface area contributed by atoms with Crippen LogP contribution in [0.5, 0.6) is 0 Å². The van der Waals surface area contributed by atoms with E-state index in [1.54, 1.807) is 0 Å². The largest absolute Gasteiger partial charge is 0.0895 e. The van der Waals surface area contributed by atoms with Gasteiger partial charge >= 0.3 is 0 Å². The van der Waals surface area contributed by atoms with Gasteiger partial charge in [-0.25, -0.2) is 0 Å². The standard InChI is InChI=1S/C9H15Cl/c1-4-9(5-2)7-6-8(3)10/h6-7H,4-5H2,1-3H3/b8-6+. The first-order valence-corrected chi connectivity index (χ1v) is 4.10. The molecule has 0 aliphatic carbocycles. The van der Waals surface area contributed by atoms with E-state index in [4.69, 9.17) is 11.6 Å². The Morgan fingerprint density at radius 1 is 1.20 bits per heavy atom. The summed E-state index contributed by atoms with van der Waals surface area (Å²) in [6, 6.07) is 0. The second-order valence-corrected chi connectivity index (χ2v) is 2.88. The van der Waals surface area contributed by atoms with Gasteiger partial charge in [-0.05, 0) is 25.8 Å². The van der Waals surface area contributed by atoms with Gasteiger partial charge in [0.05, 0.1) is 0 Å². The molecule has 0 saturated heterocycles. The zero-order valence-electron chi connectivity index (χ0n) is 6.95. The molecule has 0 heterocycles. The Labute approximate surface area is 68.6 Å². The van der Waals surface area contributed by atoms with Crippen LogP contribution in [0.4, 0.5) is 0 Å². The molecule has 58 valence electrons. The summed E-state index contributed by atoms with van der Waals surface area (Å²) in [7, 11) is 0. The van der Waals surface area contributed by atoms with Crippen molar-refractivity contribution >= 4 is 11.6 Å². The highest BCUT2D eigenvalue weighted by molar-refractivity contribution is 6.29. The minimum atomic E-state index is 0.847. The Bertz CT molecular complexity index is 133. The highest BCUT2D eigenvalue weighted by atomic mass is 35.5. The Hall–Kier alpha value is -0.230. The smallest absolute Gasteiger partial charge is 0.0149 e. The van der Waals surface area contributed by atoms with Crippen molar-refractivity contribution in [3.05, 3.63) is 22.8 Å². The number of rotatable bonds is 3. The van der Waals surface area contributed by atoms with Crippen molar-refractivity contribution in [1.82, 2.24) is 0 Å². The van der Waals surface area contributed by atoms with Gasteiger partial charge in [-0.3, -0.25) is 0 Å². The van der Waals surface area contributed by atoms with Crippen molar-refractivity contribution in [1.29, 1.82) is 0 Å². The van der Waals surface area contributed by atoms with E-state index in [2.05, 4.69) is 19.9 Å². The summed E-state index contributed by atoms with van der Waals surface area (Å²) in [5, 5.41) is 0.847. The molecule has 0 aromatic heterocycles. The lowest BCUT2D eigenvalue weighted by molar-refractivity contribution is 0.978. The summed E-state index contributed by atoms with van der Waals surface area (Å²) >= 11 is 5.65. The van der Waals surface area contributed by atoms with E-state index in [1.807, 2.05) is 13.0 Å². The molecule has 0 bridgehead atoms. The molecule has 0 fully saturated rings. The van der Waals surface area contributed by atoms with Crippen LogP contribution in [0.1, 0.15) is 33.6 Å². The molecule has 0 saturated carbocycles. The molecule has 0 aromatic rings. The fourth-order valence-corrected chi connectivity index (χ4v) is 0.781. The van der Waals surface area contributed by atoms with Gasteiger partial charge < -0.3 is 0 Å². The molecule has 0 rings (SSSR count). The van der Waals surface area contributed by atoms with Crippen molar-refractivity contribution in [3.63, 3.8) is 0 Å². The van der Waals surface area contributed by atoms with Gasteiger partial charge in [-0.2, -0.15) is 0 Å². The van der Waals surface area contributed by atoms with Crippen LogP contribution in [0.2, 0.25) is 0 Å². The minimum Gasteiger partial charge on any atom is -0.0895 e. The molecule has 0 spiro atoms. The Kier molecular flexibility index (Phi) is 5.42. The molecule has 0 aliphatic rings. The molecule has 0 amide bonds. The molecule has 0 nitrogen and oxygen atoms in total. The number of halogens is 1. The van der Waals surface area contributed by atoms with Gasteiger partial charge in [0.15, 0.2) is 0 Å². The molecular formula is C9H15Cl. The lowest BCUT2D eigenvalue weighted by Crippen LogP contribution is -1.74. The SMILES string of the molecule is CCC(=C/C=C(\C)Cl)CC. The second kappa shape index (κ2) is 5.55. The highest BCUT2D eigenvalue weighted by Crippen LogP contribution is 2.07. The summed E-state index contributed by atoms with van der Waals surface area (Å²) in [6.07, 6.45) is 6.29. The van der Waals surface area contributed by atoms with Crippen LogP contribution in [0, 0.1) is 0 Å². The fraction of sp³-hybridized carbons (Fsp3) is 0.556. The fourth-order valence-electron chi connectivity index (χ4n) is 0.718. The van der Waals surface area contributed by atoms with Crippen molar-refractivity contribution in [2.75, 3.05) is 0 Å². The number of hydrogen-bond donors (Lipinski definition) is 0. The van der Waals surface area contributed by atoms with Gasteiger partial charge in [-0.15, -0.1) is 0 Å². The maximum absolute atomic E-state index is 5.65. The molecule has 0 aliphatic heterocycles. The summed E-state index contributed by atoms with van der Waals surface area (Å²) in [5.74, 6) is 0. The van der Waals surface area contributed by atoms with E-state index in [-0.39, 0.29) is 0 Å². The van der Waals surface area contributed by atoms with E-state index < -0.39 is 0 Å².